The van der Waals surface area contributed by atoms with Crippen molar-refractivity contribution in [2.75, 3.05) is 18.5 Å². The molecule has 0 fully saturated rings. The Balaban J connectivity index is 2.22. The van der Waals surface area contributed by atoms with Gasteiger partial charge >= 0.3 is 0 Å². The molecule has 1 N–H and O–H groups in total. The molecule has 0 heterocycles. The third-order valence-electron chi connectivity index (χ3n) is 3.63. The summed E-state index contributed by atoms with van der Waals surface area (Å²) in [5.74, 6) is 0.732. The molecule has 1 amide bonds. The van der Waals surface area contributed by atoms with Crippen LogP contribution >= 0.6 is 11.6 Å². The molecule has 0 aromatic heterocycles. The lowest BCUT2D eigenvalue weighted by molar-refractivity contribution is 0.102. The van der Waals surface area contributed by atoms with Crippen LogP contribution in [0.25, 0.3) is 0 Å². The number of carbonyl (C=O) groups is 1. The minimum absolute atomic E-state index is 0.244. The van der Waals surface area contributed by atoms with Crippen molar-refractivity contribution in [2.45, 2.75) is 33.6 Å². The summed E-state index contributed by atoms with van der Waals surface area (Å²) in [5, 5.41) is 3.23. The van der Waals surface area contributed by atoms with Crippen LogP contribution in [0.1, 0.15) is 42.6 Å². The standard InChI is InChI=1S/C20H24ClNO3/c1-4-6-11-25-19-17(21)12-15(13-18(19)24-5-2)20(23)22-16-9-7-14(3)8-10-16/h7-10,12-13H,4-6,11H2,1-3H3,(H,22,23). The van der Waals surface area contributed by atoms with E-state index in [0.29, 0.717) is 35.3 Å². The number of halogens is 1. The molecule has 25 heavy (non-hydrogen) atoms. The van der Waals surface area contributed by atoms with E-state index in [1.165, 1.54) is 0 Å². The van der Waals surface area contributed by atoms with Gasteiger partial charge in [0.1, 0.15) is 0 Å². The van der Waals surface area contributed by atoms with Crippen LogP contribution < -0.4 is 14.8 Å². The first-order valence-corrected chi connectivity index (χ1v) is 8.90. The first kappa shape index (κ1) is 19.1. The van der Waals surface area contributed by atoms with Crippen molar-refractivity contribution in [3.63, 3.8) is 0 Å². The molecule has 0 unspecified atom stereocenters. The predicted octanol–water partition coefficient (Wildman–Crippen LogP) is 5.48. The monoisotopic (exact) mass is 361 g/mol. The van der Waals surface area contributed by atoms with Crippen LogP contribution in [0.2, 0.25) is 5.02 Å². The average Bonchev–Trinajstić information content (AvgIpc) is 2.59. The summed E-state index contributed by atoms with van der Waals surface area (Å²) < 4.78 is 11.4. The van der Waals surface area contributed by atoms with E-state index in [1.807, 2.05) is 38.1 Å². The third-order valence-corrected chi connectivity index (χ3v) is 3.91. The Bertz CT molecular complexity index is 714. The fraction of sp³-hybridized carbons (Fsp3) is 0.350. The summed E-state index contributed by atoms with van der Waals surface area (Å²) in [4.78, 5) is 12.5. The van der Waals surface area contributed by atoms with Gasteiger partial charge in [0.05, 0.1) is 18.2 Å². The van der Waals surface area contributed by atoms with Crippen molar-refractivity contribution < 1.29 is 14.3 Å². The minimum atomic E-state index is -0.244. The van der Waals surface area contributed by atoms with Gasteiger partial charge in [-0.25, -0.2) is 0 Å². The number of nitrogens with one attached hydrogen (secondary N) is 1. The molecule has 2 aromatic carbocycles. The first-order chi connectivity index (χ1) is 12.0. The van der Waals surface area contributed by atoms with Gasteiger partial charge in [-0.1, -0.05) is 42.6 Å². The number of benzene rings is 2. The molecule has 0 atom stereocenters. The smallest absolute Gasteiger partial charge is 0.255 e. The zero-order valence-corrected chi connectivity index (χ0v) is 15.7. The number of hydrogen-bond acceptors (Lipinski definition) is 3. The van der Waals surface area contributed by atoms with Crippen molar-refractivity contribution in [1.82, 2.24) is 0 Å². The van der Waals surface area contributed by atoms with Crippen LogP contribution in [0.15, 0.2) is 36.4 Å². The highest BCUT2D eigenvalue weighted by molar-refractivity contribution is 6.32. The van der Waals surface area contributed by atoms with Crippen LogP contribution in [0.4, 0.5) is 5.69 Å². The van der Waals surface area contributed by atoms with E-state index in [4.69, 9.17) is 21.1 Å². The number of anilines is 1. The number of rotatable bonds is 8. The van der Waals surface area contributed by atoms with Crippen LogP contribution in [0.3, 0.4) is 0 Å². The normalized spacial score (nSPS) is 10.4. The van der Waals surface area contributed by atoms with E-state index in [1.54, 1.807) is 12.1 Å². The molecule has 134 valence electrons. The Morgan fingerprint density at radius 3 is 2.48 bits per heavy atom. The van der Waals surface area contributed by atoms with Gasteiger partial charge < -0.3 is 14.8 Å². The maximum Gasteiger partial charge on any atom is 0.255 e. The van der Waals surface area contributed by atoms with Crippen molar-refractivity contribution >= 4 is 23.2 Å². The summed E-state index contributed by atoms with van der Waals surface area (Å²) in [6, 6.07) is 10.9. The van der Waals surface area contributed by atoms with Gasteiger partial charge in [-0.3, -0.25) is 4.79 Å². The maximum absolute atomic E-state index is 12.5. The molecule has 0 aliphatic carbocycles. The van der Waals surface area contributed by atoms with Crippen molar-refractivity contribution in [1.29, 1.82) is 0 Å². The summed E-state index contributed by atoms with van der Waals surface area (Å²) in [5.41, 5.74) is 2.29. The van der Waals surface area contributed by atoms with Gasteiger partial charge in [-0.2, -0.15) is 0 Å². The highest BCUT2D eigenvalue weighted by atomic mass is 35.5. The second kappa shape index (κ2) is 9.33. The fourth-order valence-electron chi connectivity index (χ4n) is 2.26. The summed E-state index contributed by atoms with van der Waals surface area (Å²) in [6.45, 7) is 6.99. The zero-order valence-electron chi connectivity index (χ0n) is 14.9. The second-order valence-electron chi connectivity index (χ2n) is 5.74. The molecule has 0 radical (unpaired) electrons. The van der Waals surface area contributed by atoms with E-state index < -0.39 is 0 Å². The highest BCUT2D eigenvalue weighted by Crippen LogP contribution is 2.37. The summed E-state index contributed by atoms with van der Waals surface area (Å²) in [7, 11) is 0. The fourth-order valence-corrected chi connectivity index (χ4v) is 2.53. The number of hydrogen-bond donors (Lipinski definition) is 1. The minimum Gasteiger partial charge on any atom is -0.490 e. The zero-order chi connectivity index (χ0) is 18.2. The Morgan fingerprint density at radius 2 is 1.84 bits per heavy atom. The van der Waals surface area contributed by atoms with E-state index in [-0.39, 0.29) is 5.91 Å². The lowest BCUT2D eigenvalue weighted by Gasteiger charge is -2.15. The molecule has 0 spiro atoms. The SMILES string of the molecule is CCCCOc1c(Cl)cc(C(=O)Nc2ccc(C)cc2)cc1OCC. The van der Waals surface area contributed by atoms with Crippen molar-refractivity contribution in [3.8, 4) is 11.5 Å². The number of unbranched alkanes of at least 4 members (excludes halogenated alkanes) is 1. The summed E-state index contributed by atoms with van der Waals surface area (Å²) in [6.07, 6.45) is 1.95. The van der Waals surface area contributed by atoms with Crippen molar-refractivity contribution in [2.24, 2.45) is 0 Å². The second-order valence-corrected chi connectivity index (χ2v) is 6.15. The van der Waals surface area contributed by atoms with Gasteiger partial charge in [-0.15, -0.1) is 0 Å². The van der Waals surface area contributed by atoms with Gasteiger partial charge in [-0.05, 0) is 44.5 Å². The molecule has 0 saturated carbocycles. The maximum atomic E-state index is 12.5. The summed E-state index contributed by atoms with van der Waals surface area (Å²) >= 11 is 6.33. The van der Waals surface area contributed by atoms with Gasteiger partial charge in [0.15, 0.2) is 11.5 Å². The molecule has 2 rings (SSSR count). The molecule has 0 aliphatic heterocycles. The Kier molecular flexibility index (Phi) is 7.14. The number of aryl methyl sites for hydroxylation is 1. The molecule has 0 bridgehead atoms. The van der Waals surface area contributed by atoms with Gasteiger partial charge in [0.25, 0.3) is 5.91 Å². The van der Waals surface area contributed by atoms with E-state index in [2.05, 4.69) is 12.2 Å². The molecule has 4 nitrogen and oxygen atoms in total. The van der Waals surface area contributed by atoms with Crippen LogP contribution in [0.5, 0.6) is 11.5 Å². The largest absolute Gasteiger partial charge is 0.490 e. The highest BCUT2D eigenvalue weighted by Gasteiger charge is 2.16. The number of carbonyl (C=O) groups excluding carboxylic acids is 1. The van der Waals surface area contributed by atoms with Crippen LogP contribution in [-0.2, 0) is 0 Å². The average molecular weight is 362 g/mol. The van der Waals surface area contributed by atoms with E-state index in [9.17, 15) is 4.79 Å². The van der Waals surface area contributed by atoms with Crippen molar-refractivity contribution in [3.05, 3.63) is 52.5 Å². The van der Waals surface area contributed by atoms with Gasteiger partial charge in [0.2, 0.25) is 0 Å². The lowest BCUT2D eigenvalue weighted by Crippen LogP contribution is -2.12. The Morgan fingerprint density at radius 1 is 1.12 bits per heavy atom. The number of amides is 1. The molecular weight excluding hydrogens is 338 g/mol. The predicted molar refractivity (Wildman–Crippen MR) is 102 cm³/mol. The Labute approximate surface area is 154 Å². The van der Waals surface area contributed by atoms with Gasteiger partial charge in [0, 0.05) is 11.3 Å². The molecule has 0 saturated heterocycles. The third kappa shape index (κ3) is 5.40. The first-order valence-electron chi connectivity index (χ1n) is 8.52. The van der Waals surface area contributed by atoms with Crippen LogP contribution in [-0.4, -0.2) is 19.1 Å². The van der Waals surface area contributed by atoms with E-state index >= 15 is 0 Å². The topological polar surface area (TPSA) is 47.6 Å². The molecule has 5 heteroatoms. The van der Waals surface area contributed by atoms with E-state index in [0.717, 1.165) is 24.1 Å². The lowest BCUT2D eigenvalue weighted by atomic mass is 10.1. The number of ether oxygens (including phenoxy) is 2. The quantitative estimate of drug-likeness (QED) is 0.633. The molecular formula is C20H24ClNO3. The van der Waals surface area contributed by atoms with Crippen LogP contribution in [0, 0.1) is 6.92 Å². The molecule has 2 aromatic rings. The molecule has 0 aliphatic rings. The Hall–Kier alpha value is -2.20.